The van der Waals surface area contributed by atoms with Gasteiger partial charge in [-0.2, -0.15) is 0 Å². The molecule has 3 aliphatic carbocycles. The van der Waals surface area contributed by atoms with Gasteiger partial charge in [0.1, 0.15) is 0 Å². The van der Waals surface area contributed by atoms with Gasteiger partial charge in [0.2, 0.25) is 0 Å². The molecule has 6 unspecified atom stereocenters. The Kier molecular flexibility index (Phi) is 110. The number of hydrogen-bond donors (Lipinski definition) is 0. The van der Waals surface area contributed by atoms with Crippen molar-refractivity contribution >= 4 is 0 Å². The maximum absolute atomic E-state index is 2.36. The van der Waals surface area contributed by atoms with E-state index in [0.29, 0.717) is 0 Å². The molecule has 3 saturated carbocycles. The van der Waals surface area contributed by atoms with E-state index in [-0.39, 0.29) is 92.9 Å². The van der Waals surface area contributed by atoms with Crippen molar-refractivity contribution in [2.75, 3.05) is 0 Å². The fourth-order valence-electron chi connectivity index (χ4n) is 4.70. The molecule has 0 N–H and O–H groups in total. The van der Waals surface area contributed by atoms with E-state index in [1.165, 1.54) is 96.3 Å². The summed E-state index contributed by atoms with van der Waals surface area (Å²) in [4.78, 5) is 0. The average Bonchev–Trinajstić information content (AvgIpc) is 3.56. The summed E-state index contributed by atoms with van der Waals surface area (Å²) in [5, 5.41) is 0. The van der Waals surface area contributed by atoms with Crippen molar-refractivity contribution in [3.05, 3.63) is 0 Å². The first-order valence-electron chi connectivity index (χ1n) is 16.7. The molecule has 3 rings (SSSR count). The Morgan fingerprint density at radius 3 is 0.476 bits per heavy atom. The molecule has 0 spiro atoms. The first-order chi connectivity index (χ1) is 16.7. The van der Waals surface area contributed by atoms with Crippen molar-refractivity contribution in [2.45, 2.75) is 223 Å². The van der Waals surface area contributed by atoms with Crippen LogP contribution in [0.3, 0.4) is 0 Å². The molecular weight excluding hydrogens is 1050 g/mol. The smallest absolute Gasteiger partial charge is 0 e. The summed E-state index contributed by atoms with van der Waals surface area (Å²) < 4.78 is 0. The first-order valence-corrected chi connectivity index (χ1v) is 16.7. The molecule has 3 heteroatoms. The van der Waals surface area contributed by atoms with Gasteiger partial charge in [0.25, 0.3) is 0 Å². The Bertz CT molecular complexity index is 272. The van der Waals surface area contributed by atoms with Gasteiger partial charge in [0.15, 0.2) is 0 Å². The summed E-state index contributed by atoms with van der Waals surface area (Å²) in [5.74, 6) is 6.08. The average molecular weight is 1150 g/mol. The Labute approximate surface area is 319 Å². The standard InChI is InChI=1S/3C7H14.2C5H12.2C2H6.4CH4.3Pt/c3*1-6-4-3-5-7(6)2;2*1-3-5-4-2;2*1-2;;;;;;;/h3*6-7H,3-5H2,1-2H3;2*3-5H2,1-2H3;2*1-2H3;4*1H4;;;. The zero-order chi connectivity index (χ0) is 28.1. The minimum absolute atomic E-state index is 0. The zero-order valence-electron chi connectivity index (χ0n) is 29.0. The predicted molar refractivity (Wildman–Crippen MR) is 197 cm³/mol. The summed E-state index contributed by atoms with van der Waals surface area (Å²) in [6.07, 6.45) is 21.4. The van der Waals surface area contributed by atoms with Gasteiger partial charge in [-0.25, -0.2) is 0 Å². The Morgan fingerprint density at radius 2 is 0.452 bits per heavy atom. The van der Waals surface area contributed by atoms with Crippen molar-refractivity contribution in [1.82, 2.24) is 0 Å². The van der Waals surface area contributed by atoms with Crippen LogP contribution in [-0.2, 0) is 63.2 Å². The van der Waals surface area contributed by atoms with Gasteiger partial charge in [0, 0.05) is 63.2 Å². The van der Waals surface area contributed by atoms with Crippen molar-refractivity contribution in [3.63, 3.8) is 0 Å². The van der Waals surface area contributed by atoms with E-state index in [1.807, 2.05) is 27.7 Å². The molecule has 0 radical (unpaired) electrons. The molecule has 0 amide bonds. The van der Waals surface area contributed by atoms with Gasteiger partial charge in [-0.3, -0.25) is 0 Å². The van der Waals surface area contributed by atoms with E-state index in [1.54, 1.807) is 0 Å². The van der Waals surface area contributed by atoms with Crippen LogP contribution in [0.2, 0.25) is 0 Å². The van der Waals surface area contributed by atoms with Crippen LogP contribution in [-0.4, -0.2) is 0 Å². The summed E-state index contributed by atoms with van der Waals surface area (Å²) >= 11 is 0. The van der Waals surface area contributed by atoms with Crippen LogP contribution in [0.5, 0.6) is 0 Å². The number of unbranched alkanes of at least 4 members (excludes halogenated alkanes) is 4. The summed E-state index contributed by atoms with van der Waals surface area (Å²) in [7, 11) is 0. The molecule has 0 bridgehead atoms. The van der Waals surface area contributed by atoms with Gasteiger partial charge in [-0.05, 0) is 35.5 Å². The topological polar surface area (TPSA) is 0 Å². The Morgan fingerprint density at radius 1 is 0.333 bits per heavy atom. The van der Waals surface area contributed by atoms with E-state index < -0.39 is 0 Å². The molecule has 6 atom stereocenters. The number of rotatable bonds is 4. The van der Waals surface area contributed by atoms with Gasteiger partial charge in [-0.1, -0.05) is 223 Å². The summed E-state index contributed by atoms with van der Waals surface area (Å²) in [5.41, 5.74) is 0. The van der Waals surface area contributed by atoms with E-state index in [4.69, 9.17) is 0 Å². The minimum Gasteiger partial charge on any atom is -0.0776 e. The first kappa shape index (κ1) is 74.7. The summed E-state index contributed by atoms with van der Waals surface area (Å²) in [6.45, 7) is 31.0. The van der Waals surface area contributed by atoms with Crippen LogP contribution in [0.4, 0.5) is 0 Å². The number of hydrogen-bond acceptors (Lipinski definition) is 0. The second-order valence-corrected chi connectivity index (χ2v) is 11.4. The third kappa shape index (κ3) is 54.5. The van der Waals surface area contributed by atoms with Crippen LogP contribution in [0.15, 0.2) is 0 Å². The molecule has 3 aliphatic rings. The van der Waals surface area contributed by atoms with E-state index in [9.17, 15) is 0 Å². The molecule has 3 fully saturated rings. The summed E-state index contributed by atoms with van der Waals surface area (Å²) in [6, 6.07) is 0. The van der Waals surface area contributed by atoms with Crippen LogP contribution in [0.25, 0.3) is 0 Å². The zero-order valence-corrected chi connectivity index (χ0v) is 35.8. The maximum Gasteiger partial charge on any atom is 0 e. The SMILES string of the molecule is C.C.C.C.CC.CC.CC1CCCC1C.CC1CCCC1C.CC1CCCC1C.CCCCC.CCCCC.[Pt].[Pt].[Pt]. The van der Waals surface area contributed by atoms with Gasteiger partial charge < -0.3 is 0 Å². The van der Waals surface area contributed by atoms with Crippen LogP contribution in [0.1, 0.15) is 223 Å². The van der Waals surface area contributed by atoms with Gasteiger partial charge in [-0.15, -0.1) is 0 Å². The molecule has 0 aromatic carbocycles. The molecule has 280 valence electrons. The van der Waals surface area contributed by atoms with Crippen LogP contribution < -0.4 is 0 Å². The molecule has 0 nitrogen and oxygen atoms in total. The van der Waals surface area contributed by atoms with Crippen LogP contribution in [0, 0.1) is 35.5 Å². The fraction of sp³-hybridized carbons (Fsp3) is 1.00. The second-order valence-electron chi connectivity index (χ2n) is 11.4. The van der Waals surface area contributed by atoms with Crippen molar-refractivity contribution in [1.29, 1.82) is 0 Å². The van der Waals surface area contributed by atoms with E-state index in [0.717, 1.165) is 35.5 Å². The van der Waals surface area contributed by atoms with Crippen LogP contribution >= 0.6 is 0 Å². The molecule has 42 heavy (non-hydrogen) atoms. The molecule has 0 heterocycles. The second kappa shape index (κ2) is 62.0. The molecular formula is C39H94Pt3. The van der Waals surface area contributed by atoms with Crippen molar-refractivity contribution < 1.29 is 63.2 Å². The van der Waals surface area contributed by atoms with Gasteiger partial charge in [0.05, 0.1) is 0 Å². The van der Waals surface area contributed by atoms with E-state index >= 15 is 0 Å². The van der Waals surface area contributed by atoms with Crippen molar-refractivity contribution in [3.8, 4) is 0 Å². The van der Waals surface area contributed by atoms with Crippen molar-refractivity contribution in [2.24, 2.45) is 35.5 Å². The predicted octanol–water partition coefficient (Wildman–Crippen LogP) is 16.3. The third-order valence-corrected chi connectivity index (χ3v) is 8.29. The monoisotopic (exact) mass is 1150 g/mol. The Balaban J connectivity index is -0.0000000298. The quantitative estimate of drug-likeness (QED) is 0.263. The molecule has 0 aromatic rings. The molecule has 0 aromatic heterocycles. The Hall–Kier alpha value is 2.06. The normalized spacial score (nSPS) is 23.3. The van der Waals surface area contributed by atoms with Gasteiger partial charge >= 0.3 is 0 Å². The minimum atomic E-state index is 0. The largest absolute Gasteiger partial charge is 0.0776 e. The molecule has 0 saturated heterocycles. The molecule has 0 aliphatic heterocycles. The van der Waals surface area contributed by atoms with E-state index in [2.05, 4.69) is 69.2 Å². The maximum atomic E-state index is 2.36. The fourth-order valence-corrected chi connectivity index (χ4v) is 4.70. The third-order valence-electron chi connectivity index (χ3n) is 8.29.